The van der Waals surface area contributed by atoms with Crippen molar-refractivity contribution >= 4 is 45.0 Å². The second-order valence-electron chi connectivity index (χ2n) is 3.72. The number of nitro groups is 1. The van der Waals surface area contributed by atoms with E-state index < -0.39 is 4.92 Å². The molecule has 0 bridgehead atoms. The predicted octanol–water partition coefficient (Wildman–Crippen LogP) is 4.03. The van der Waals surface area contributed by atoms with Gasteiger partial charge in [-0.25, -0.2) is 4.98 Å². The second kappa shape index (κ2) is 6.56. The summed E-state index contributed by atoms with van der Waals surface area (Å²) in [4.78, 5) is 14.4. The molecule has 17 heavy (non-hydrogen) atoms. The number of rotatable bonds is 5. The van der Waals surface area contributed by atoms with Gasteiger partial charge in [-0.05, 0) is 28.8 Å². The van der Waals surface area contributed by atoms with Crippen LogP contribution in [0.3, 0.4) is 0 Å². The maximum atomic E-state index is 10.7. The van der Waals surface area contributed by atoms with E-state index in [1.807, 2.05) is 6.92 Å². The zero-order valence-corrected chi connectivity index (χ0v) is 12.6. The average molecular weight is 340 g/mol. The molecule has 0 aliphatic rings. The fourth-order valence-electron chi connectivity index (χ4n) is 1.10. The van der Waals surface area contributed by atoms with Crippen molar-refractivity contribution in [2.24, 2.45) is 5.92 Å². The number of pyridine rings is 1. The van der Waals surface area contributed by atoms with Crippen LogP contribution >= 0.6 is 39.3 Å². The lowest BCUT2D eigenvalue weighted by Crippen LogP contribution is -2.01. The summed E-state index contributed by atoms with van der Waals surface area (Å²) in [5.41, 5.74) is 0.637. The molecule has 1 unspecified atom stereocenters. The van der Waals surface area contributed by atoms with Gasteiger partial charge in [0.25, 0.3) is 5.69 Å². The van der Waals surface area contributed by atoms with E-state index in [0.29, 0.717) is 21.8 Å². The molecule has 0 N–H and O–H groups in total. The Morgan fingerprint density at radius 2 is 2.35 bits per heavy atom. The Morgan fingerprint density at radius 3 is 2.88 bits per heavy atom. The number of alkyl halides is 1. The fourth-order valence-corrected chi connectivity index (χ4v) is 2.95. The van der Waals surface area contributed by atoms with Gasteiger partial charge in [0.2, 0.25) is 0 Å². The van der Waals surface area contributed by atoms with Crippen molar-refractivity contribution in [3.8, 4) is 0 Å². The van der Waals surface area contributed by atoms with Gasteiger partial charge in [-0.15, -0.1) is 23.4 Å². The highest BCUT2D eigenvalue weighted by molar-refractivity contribution is 9.10. The summed E-state index contributed by atoms with van der Waals surface area (Å²) < 4.78 is 0.693. The van der Waals surface area contributed by atoms with Crippen LogP contribution in [-0.4, -0.2) is 21.5 Å². The minimum Gasteiger partial charge on any atom is -0.258 e. The molecule has 1 rings (SSSR count). The molecular formula is C10H12BrClN2O2S. The molecule has 0 aliphatic heterocycles. The van der Waals surface area contributed by atoms with Crippen LogP contribution in [0.5, 0.6) is 0 Å². The van der Waals surface area contributed by atoms with Gasteiger partial charge in [-0.2, -0.15) is 0 Å². The third-order valence-electron chi connectivity index (χ3n) is 2.17. The van der Waals surface area contributed by atoms with Crippen molar-refractivity contribution in [3.63, 3.8) is 0 Å². The topological polar surface area (TPSA) is 56.0 Å². The van der Waals surface area contributed by atoms with E-state index in [4.69, 9.17) is 11.6 Å². The molecule has 0 aromatic carbocycles. The third kappa shape index (κ3) is 3.82. The van der Waals surface area contributed by atoms with Gasteiger partial charge in [-0.1, -0.05) is 6.92 Å². The smallest absolute Gasteiger partial charge is 0.258 e. The molecule has 1 atom stereocenters. The number of nitrogens with zero attached hydrogens (tertiary/aromatic N) is 2. The van der Waals surface area contributed by atoms with E-state index >= 15 is 0 Å². The average Bonchev–Trinajstić information content (AvgIpc) is 2.30. The quantitative estimate of drug-likeness (QED) is 0.352. The van der Waals surface area contributed by atoms with Crippen LogP contribution in [0.1, 0.15) is 12.5 Å². The van der Waals surface area contributed by atoms with Crippen LogP contribution in [0.25, 0.3) is 0 Å². The van der Waals surface area contributed by atoms with Crippen LogP contribution in [-0.2, 0) is 0 Å². The predicted molar refractivity (Wildman–Crippen MR) is 73.9 cm³/mol. The lowest BCUT2D eigenvalue weighted by molar-refractivity contribution is -0.385. The van der Waals surface area contributed by atoms with Gasteiger partial charge in [0, 0.05) is 17.2 Å². The van der Waals surface area contributed by atoms with E-state index in [1.165, 1.54) is 6.20 Å². The van der Waals surface area contributed by atoms with E-state index in [2.05, 4.69) is 20.9 Å². The highest BCUT2D eigenvalue weighted by Gasteiger charge is 2.17. The minimum atomic E-state index is -0.428. The van der Waals surface area contributed by atoms with E-state index in [9.17, 15) is 10.1 Å². The molecule has 1 aromatic heterocycles. The summed E-state index contributed by atoms with van der Waals surface area (Å²) in [5, 5.41) is 11.5. The number of aromatic nitrogens is 1. The van der Waals surface area contributed by atoms with Crippen molar-refractivity contribution in [3.05, 3.63) is 26.3 Å². The van der Waals surface area contributed by atoms with Gasteiger partial charge >= 0.3 is 0 Å². The number of thioether (sulfide) groups is 1. The molecule has 0 radical (unpaired) electrons. The standard InChI is InChI=1S/C10H12BrClN2O2S/c1-6(3-12)5-17-10-9(11)7(2)8(4-13-10)14(15)16/h4,6H,3,5H2,1-2H3. The van der Waals surface area contributed by atoms with E-state index in [1.54, 1.807) is 18.7 Å². The van der Waals surface area contributed by atoms with Crippen LogP contribution in [0.15, 0.2) is 15.7 Å². The summed E-state index contributed by atoms with van der Waals surface area (Å²) in [6, 6.07) is 0. The zero-order valence-electron chi connectivity index (χ0n) is 9.44. The monoisotopic (exact) mass is 338 g/mol. The molecule has 1 aromatic rings. The van der Waals surface area contributed by atoms with Crippen LogP contribution in [0.2, 0.25) is 0 Å². The molecule has 4 nitrogen and oxygen atoms in total. The summed E-state index contributed by atoms with van der Waals surface area (Å²) in [5.74, 6) is 1.81. The first-order valence-corrected chi connectivity index (χ1v) is 7.27. The summed E-state index contributed by atoms with van der Waals surface area (Å²) in [7, 11) is 0. The Hall–Kier alpha value is -0.330. The first-order valence-electron chi connectivity index (χ1n) is 4.95. The van der Waals surface area contributed by atoms with Crippen molar-refractivity contribution in [2.75, 3.05) is 11.6 Å². The lowest BCUT2D eigenvalue weighted by Gasteiger charge is -2.09. The van der Waals surface area contributed by atoms with Gasteiger partial charge in [0.05, 0.1) is 9.40 Å². The van der Waals surface area contributed by atoms with Gasteiger partial charge < -0.3 is 0 Å². The maximum Gasteiger partial charge on any atom is 0.291 e. The Bertz CT molecular complexity index is 431. The number of hydrogen-bond donors (Lipinski definition) is 0. The van der Waals surface area contributed by atoms with Crippen LogP contribution < -0.4 is 0 Å². The number of halogens is 2. The summed E-state index contributed by atoms with van der Waals surface area (Å²) in [6.45, 7) is 3.76. The highest BCUT2D eigenvalue weighted by atomic mass is 79.9. The van der Waals surface area contributed by atoms with Crippen LogP contribution in [0, 0.1) is 23.0 Å². The van der Waals surface area contributed by atoms with Crippen molar-refractivity contribution in [2.45, 2.75) is 18.9 Å². The minimum absolute atomic E-state index is 0.0339. The van der Waals surface area contributed by atoms with Gasteiger partial charge in [0.15, 0.2) is 0 Å². The fraction of sp³-hybridized carbons (Fsp3) is 0.500. The molecule has 0 fully saturated rings. The lowest BCUT2D eigenvalue weighted by atomic mass is 10.2. The molecule has 0 amide bonds. The third-order valence-corrected chi connectivity index (χ3v) is 5.25. The van der Waals surface area contributed by atoms with E-state index in [-0.39, 0.29) is 5.69 Å². The molecular weight excluding hydrogens is 328 g/mol. The Labute approximate surface area is 117 Å². The normalized spacial score (nSPS) is 12.5. The van der Waals surface area contributed by atoms with Crippen LogP contribution in [0.4, 0.5) is 5.69 Å². The Morgan fingerprint density at radius 1 is 1.71 bits per heavy atom. The molecule has 0 spiro atoms. The van der Waals surface area contributed by atoms with E-state index in [0.717, 1.165) is 10.8 Å². The number of hydrogen-bond acceptors (Lipinski definition) is 4. The van der Waals surface area contributed by atoms with Crippen molar-refractivity contribution < 1.29 is 4.92 Å². The SMILES string of the molecule is Cc1c([N+](=O)[O-])cnc(SCC(C)CCl)c1Br. The van der Waals surface area contributed by atoms with Crippen molar-refractivity contribution in [1.82, 2.24) is 4.98 Å². The largest absolute Gasteiger partial charge is 0.291 e. The molecule has 7 heteroatoms. The van der Waals surface area contributed by atoms with Crippen molar-refractivity contribution in [1.29, 1.82) is 0 Å². The zero-order chi connectivity index (χ0) is 13.0. The Balaban J connectivity index is 2.89. The molecule has 0 saturated heterocycles. The molecule has 0 aliphatic carbocycles. The molecule has 94 valence electrons. The molecule has 0 saturated carbocycles. The second-order valence-corrected chi connectivity index (χ2v) is 5.83. The summed E-state index contributed by atoms with van der Waals surface area (Å²) in [6.07, 6.45) is 1.30. The Kier molecular flexibility index (Phi) is 5.69. The summed E-state index contributed by atoms with van der Waals surface area (Å²) >= 11 is 10.6. The first-order chi connectivity index (χ1) is 7.97. The van der Waals surface area contributed by atoms with Gasteiger partial charge in [-0.3, -0.25) is 10.1 Å². The maximum absolute atomic E-state index is 10.7. The highest BCUT2D eigenvalue weighted by Crippen LogP contribution is 2.33. The molecule has 1 heterocycles. The first kappa shape index (κ1) is 14.7. The van der Waals surface area contributed by atoms with Gasteiger partial charge in [0.1, 0.15) is 11.2 Å².